The minimum atomic E-state index is -0.148. The van der Waals surface area contributed by atoms with Crippen molar-refractivity contribution >= 4 is 5.97 Å². The number of benzene rings is 1. The highest BCUT2D eigenvalue weighted by Crippen LogP contribution is 2.21. The van der Waals surface area contributed by atoms with Crippen LogP contribution in [-0.2, 0) is 9.53 Å². The Bertz CT molecular complexity index is 322. The van der Waals surface area contributed by atoms with E-state index >= 15 is 0 Å². The second kappa shape index (κ2) is 6.28. The monoisotopic (exact) mass is 221 g/mol. The predicted octanol–water partition coefficient (Wildman–Crippen LogP) is 2.24. The van der Waals surface area contributed by atoms with Gasteiger partial charge < -0.3 is 9.64 Å². The Morgan fingerprint density at radius 2 is 1.94 bits per heavy atom. The van der Waals surface area contributed by atoms with E-state index in [-0.39, 0.29) is 12.0 Å². The van der Waals surface area contributed by atoms with Gasteiger partial charge in [-0.3, -0.25) is 4.79 Å². The van der Waals surface area contributed by atoms with Gasteiger partial charge in [0.05, 0.1) is 13.0 Å². The Kier molecular flexibility index (Phi) is 4.99. The Hall–Kier alpha value is -1.35. The molecule has 0 saturated carbocycles. The van der Waals surface area contributed by atoms with Crippen LogP contribution < -0.4 is 0 Å². The molecule has 3 nitrogen and oxygen atoms in total. The fourth-order valence-electron chi connectivity index (χ4n) is 1.65. The number of hydrogen-bond acceptors (Lipinski definition) is 3. The zero-order valence-corrected chi connectivity index (χ0v) is 10.1. The standard InChI is InChI=1S/C13H19NO2/c1-4-16-13(15)10-12(14(2)3)11-8-6-5-7-9-11/h5-9,12H,4,10H2,1-3H3. The molecule has 88 valence electrons. The van der Waals surface area contributed by atoms with Gasteiger partial charge in [-0.05, 0) is 26.6 Å². The first kappa shape index (κ1) is 12.7. The lowest BCUT2D eigenvalue weighted by atomic mass is 10.0. The van der Waals surface area contributed by atoms with Crippen LogP contribution in [0.4, 0.5) is 0 Å². The molecule has 0 amide bonds. The van der Waals surface area contributed by atoms with Crippen molar-refractivity contribution in [1.82, 2.24) is 4.90 Å². The molecule has 0 aliphatic rings. The maximum atomic E-state index is 11.5. The fraction of sp³-hybridized carbons (Fsp3) is 0.462. The molecule has 1 aromatic rings. The van der Waals surface area contributed by atoms with Gasteiger partial charge in [-0.25, -0.2) is 0 Å². The Morgan fingerprint density at radius 3 is 2.44 bits per heavy atom. The minimum absolute atomic E-state index is 0.0836. The Balaban J connectivity index is 2.73. The van der Waals surface area contributed by atoms with Crippen LogP contribution in [0, 0.1) is 0 Å². The van der Waals surface area contributed by atoms with Gasteiger partial charge in [-0.1, -0.05) is 30.3 Å². The van der Waals surface area contributed by atoms with Crippen LogP contribution >= 0.6 is 0 Å². The molecular weight excluding hydrogens is 202 g/mol. The summed E-state index contributed by atoms with van der Waals surface area (Å²) in [6.07, 6.45) is 0.394. The smallest absolute Gasteiger partial charge is 0.307 e. The normalized spacial score (nSPS) is 12.5. The highest BCUT2D eigenvalue weighted by molar-refractivity contribution is 5.70. The zero-order chi connectivity index (χ0) is 12.0. The van der Waals surface area contributed by atoms with Crippen LogP contribution in [0.5, 0.6) is 0 Å². The first-order valence-electron chi connectivity index (χ1n) is 5.52. The molecule has 0 aromatic heterocycles. The molecule has 0 fully saturated rings. The summed E-state index contributed by atoms with van der Waals surface area (Å²) in [5.74, 6) is -0.148. The zero-order valence-electron chi connectivity index (χ0n) is 10.1. The third kappa shape index (κ3) is 3.66. The van der Waals surface area contributed by atoms with E-state index in [2.05, 4.69) is 0 Å². The average Bonchev–Trinajstić information content (AvgIpc) is 2.27. The van der Waals surface area contributed by atoms with Crippen LogP contribution in [0.25, 0.3) is 0 Å². The van der Waals surface area contributed by atoms with E-state index in [1.165, 1.54) is 0 Å². The highest BCUT2D eigenvalue weighted by atomic mass is 16.5. The second-order valence-corrected chi connectivity index (χ2v) is 3.90. The third-order valence-electron chi connectivity index (χ3n) is 2.47. The molecule has 1 rings (SSSR count). The predicted molar refractivity (Wildman–Crippen MR) is 64.1 cm³/mol. The molecule has 3 heteroatoms. The molecule has 0 saturated heterocycles. The molecule has 0 bridgehead atoms. The summed E-state index contributed by atoms with van der Waals surface area (Å²) in [6, 6.07) is 10.1. The summed E-state index contributed by atoms with van der Waals surface area (Å²) in [7, 11) is 3.94. The van der Waals surface area contributed by atoms with Crippen molar-refractivity contribution in [2.24, 2.45) is 0 Å². The summed E-state index contributed by atoms with van der Waals surface area (Å²) in [4.78, 5) is 13.5. The molecule has 0 radical (unpaired) electrons. The lowest BCUT2D eigenvalue weighted by molar-refractivity contribution is -0.144. The van der Waals surface area contributed by atoms with Crippen molar-refractivity contribution in [3.8, 4) is 0 Å². The number of rotatable bonds is 5. The largest absolute Gasteiger partial charge is 0.466 e. The number of carbonyl (C=O) groups excluding carboxylic acids is 1. The van der Waals surface area contributed by atoms with Crippen molar-refractivity contribution in [2.45, 2.75) is 19.4 Å². The molecule has 0 aliphatic carbocycles. The van der Waals surface area contributed by atoms with Gasteiger partial charge in [0.1, 0.15) is 0 Å². The van der Waals surface area contributed by atoms with E-state index in [4.69, 9.17) is 4.74 Å². The molecule has 0 heterocycles. The lowest BCUT2D eigenvalue weighted by Crippen LogP contribution is -2.23. The van der Waals surface area contributed by atoms with Crippen LogP contribution in [-0.4, -0.2) is 31.6 Å². The summed E-state index contributed by atoms with van der Waals surface area (Å²) >= 11 is 0. The number of ether oxygens (including phenoxy) is 1. The quantitative estimate of drug-likeness (QED) is 0.714. The summed E-state index contributed by atoms with van der Waals surface area (Å²) in [6.45, 7) is 2.26. The summed E-state index contributed by atoms with van der Waals surface area (Å²) in [5.41, 5.74) is 1.14. The molecular formula is C13H19NO2. The maximum Gasteiger partial charge on any atom is 0.307 e. The topological polar surface area (TPSA) is 29.5 Å². The van der Waals surface area contributed by atoms with Gasteiger partial charge in [-0.2, -0.15) is 0 Å². The van der Waals surface area contributed by atoms with Gasteiger partial charge in [0.2, 0.25) is 0 Å². The fourth-order valence-corrected chi connectivity index (χ4v) is 1.65. The Labute approximate surface area is 97.0 Å². The molecule has 0 N–H and O–H groups in total. The van der Waals surface area contributed by atoms with E-state index in [9.17, 15) is 4.79 Å². The third-order valence-corrected chi connectivity index (χ3v) is 2.47. The molecule has 1 atom stereocenters. The maximum absolute atomic E-state index is 11.5. The molecule has 1 aromatic carbocycles. The van der Waals surface area contributed by atoms with E-state index in [1.54, 1.807) is 0 Å². The van der Waals surface area contributed by atoms with Gasteiger partial charge in [0.25, 0.3) is 0 Å². The highest BCUT2D eigenvalue weighted by Gasteiger charge is 2.18. The molecule has 0 spiro atoms. The Morgan fingerprint density at radius 1 is 1.31 bits per heavy atom. The van der Waals surface area contributed by atoms with Crippen molar-refractivity contribution in [1.29, 1.82) is 0 Å². The van der Waals surface area contributed by atoms with E-state index in [0.29, 0.717) is 13.0 Å². The van der Waals surface area contributed by atoms with Crippen molar-refractivity contribution in [3.05, 3.63) is 35.9 Å². The average molecular weight is 221 g/mol. The van der Waals surface area contributed by atoms with Crippen LogP contribution in [0.1, 0.15) is 24.9 Å². The van der Waals surface area contributed by atoms with Gasteiger partial charge >= 0.3 is 5.97 Å². The van der Waals surface area contributed by atoms with E-state index < -0.39 is 0 Å². The lowest BCUT2D eigenvalue weighted by Gasteiger charge is -2.23. The molecule has 1 unspecified atom stereocenters. The van der Waals surface area contributed by atoms with E-state index in [1.807, 2.05) is 56.3 Å². The number of esters is 1. The second-order valence-electron chi connectivity index (χ2n) is 3.90. The van der Waals surface area contributed by atoms with Gasteiger partial charge in [-0.15, -0.1) is 0 Å². The van der Waals surface area contributed by atoms with Crippen LogP contribution in [0.3, 0.4) is 0 Å². The number of nitrogens with zero attached hydrogens (tertiary/aromatic N) is 1. The van der Waals surface area contributed by atoms with Crippen molar-refractivity contribution in [3.63, 3.8) is 0 Å². The van der Waals surface area contributed by atoms with Gasteiger partial charge in [0.15, 0.2) is 0 Å². The van der Waals surface area contributed by atoms with Crippen LogP contribution in [0.15, 0.2) is 30.3 Å². The first-order valence-corrected chi connectivity index (χ1v) is 5.52. The van der Waals surface area contributed by atoms with Crippen molar-refractivity contribution < 1.29 is 9.53 Å². The first-order chi connectivity index (χ1) is 7.65. The number of hydrogen-bond donors (Lipinski definition) is 0. The van der Waals surface area contributed by atoms with Gasteiger partial charge in [0, 0.05) is 6.04 Å². The molecule has 16 heavy (non-hydrogen) atoms. The number of carbonyl (C=O) groups is 1. The summed E-state index contributed by atoms with van der Waals surface area (Å²) < 4.78 is 4.98. The SMILES string of the molecule is CCOC(=O)CC(c1ccccc1)N(C)C. The minimum Gasteiger partial charge on any atom is -0.466 e. The van der Waals surface area contributed by atoms with Crippen LogP contribution in [0.2, 0.25) is 0 Å². The summed E-state index contributed by atoms with van der Waals surface area (Å²) in [5, 5.41) is 0. The van der Waals surface area contributed by atoms with Crippen molar-refractivity contribution in [2.75, 3.05) is 20.7 Å². The molecule has 0 aliphatic heterocycles. The van der Waals surface area contributed by atoms with E-state index in [0.717, 1.165) is 5.56 Å².